The molecule has 0 aromatic heterocycles. The van der Waals surface area contributed by atoms with Crippen LogP contribution in [0.4, 0.5) is 0 Å². The molecule has 1 heterocycles. The summed E-state index contributed by atoms with van der Waals surface area (Å²) in [6, 6.07) is -0.211. The Morgan fingerprint density at radius 2 is 2.06 bits per heavy atom. The Morgan fingerprint density at radius 1 is 1.38 bits per heavy atom. The Balaban J connectivity index is 2.37. The van der Waals surface area contributed by atoms with Gasteiger partial charge >= 0.3 is 0 Å². The molecule has 1 saturated heterocycles. The molecule has 1 fully saturated rings. The fourth-order valence-corrected chi connectivity index (χ4v) is 1.97. The average Bonchev–Trinajstić information content (AvgIpc) is 2.31. The number of ether oxygens (including phenoxy) is 2. The van der Waals surface area contributed by atoms with Crippen LogP contribution in [0.5, 0.6) is 0 Å². The number of piperidine rings is 1. The Kier molecular flexibility index (Phi) is 5.73. The first-order valence-corrected chi connectivity index (χ1v) is 5.78. The molecule has 0 spiro atoms. The van der Waals surface area contributed by atoms with Crippen LogP contribution in [0.15, 0.2) is 0 Å². The minimum Gasteiger partial charge on any atom is -0.354 e. The van der Waals surface area contributed by atoms with Crippen LogP contribution in [-0.2, 0) is 14.3 Å². The fourth-order valence-electron chi connectivity index (χ4n) is 1.97. The Labute approximate surface area is 96.9 Å². The lowest BCUT2D eigenvalue weighted by atomic mass is 10.0. The van der Waals surface area contributed by atoms with E-state index in [9.17, 15) is 4.79 Å². The quantitative estimate of drug-likeness (QED) is 0.665. The van der Waals surface area contributed by atoms with Gasteiger partial charge in [0.15, 0.2) is 6.29 Å². The van der Waals surface area contributed by atoms with Gasteiger partial charge in [-0.05, 0) is 26.3 Å². The summed E-state index contributed by atoms with van der Waals surface area (Å²) in [6.07, 6.45) is 2.77. The van der Waals surface area contributed by atoms with Gasteiger partial charge in [-0.2, -0.15) is 0 Å². The van der Waals surface area contributed by atoms with Gasteiger partial charge < -0.3 is 20.1 Å². The SMILES string of the molecule is COC(OC)C(C)NC(=O)[C@@H]1CCCCN1. The normalized spacial score (nSPS) is 23.1. The topological polar surface area (TPSA) is 59.6 Å². The third kappa shape index (κ3) is 3.73. The van der Waals surface area contributed by atoms with Gasteiger partial charge in [0.1, 0.15) is 0 Å². The van der Waals surface area contributed by atoms with Crippen molar-refractivity contribution in [3.8, 4) is 0 Å². The number of amides is 1. The predicted octanol–water partition coefficient (Wildman–Crippen LogP) is 0.252. The molecule has 5 nitrogen and oxygen atoms in total. The maximum atomic E-state index is 11.9. The number of nitrogens with one attached hydrogen (secondary N) is 2. The number of carbonyl (C=O) groups excluding carboxylic acids is 1. The van der Waals surface area contributed by atoms with Crippen LogP contribution in [0.2, 0.25) is 0 Å². The second-order valence-corrected chi connectivity index (χ2v) is 4.14. The number of rotatable bonds is 5. The Bertz CT molecular complexity index is 213. The second-order valence-electron chi connectivity index (χ2n) is 4.14. The van der Waals surface area contributed by atoms with E-state index in [1.165, 1.54) is 0 Å². The molecule has 2 atom stereocenters. The van der Waals surface area contributed by atoms with Crippen molar-refractivity contribution in [3.63, 3.8) is 0 Å². The Morgan fingerprint density at radius 3 is 2.56 bits per heavy atom. The smallest absolute Gasteiger partial charge is 0.237 e. The van der Waals surface area contributed by atoms with Gasteiger partial charge in [0.05, 0.1) is 12.1 Å². The van der Waals surface area contributed by atoms with Gasteiger partial charge in [0.2, 0.25) is 5.91 Å². The summed E-state index contributed by atoms with van der Waals surface area (Å²) in [4.78, 5) is 11.9. The molecule has 1 aliphatic rings. The molecule has 1 amide bonds. The van der Waals surface area contributed by atoms with E-state index in [2.05, 4.69) is 10.6 Å². The molecule has 16 heavy (non-hydrogen) atoms. The summed E-state index contributed by atoms with van der Waals surface area (Å²) >= 11 is 0. The highest BCUT2D eigenvalue weighted by Gasteiger charge is 2.24. The molecule has 0 aliphatic carbocycles. The van der Waals surface area contributed by atoms with Crippen molar-refractivity contribution < 1.29 is 14.3 Å². The summed E-state index contributed by atoms with van der Waals surface area (Å²) in [7, 11) is 3.13. The first kappa shape index (κ1) is 13.4. The molecule has 0 bridgehead atoms. The van der Waals surface area contributed by atoms with E-state index in [-0.39, 0.29) is 18.0 Å². The number of hydrogen-bond donors (Lipinski definition) is 2. The first-order valence-electron chi connectivity index (χ1n) is 5.78. The van der Waals surface area contributed by atoms with Crippen molar-refractivity contribution >= 4 is 5.91 Å². The number of carbonyl (C=O) groups is 1. The van der Waals surface area contributed by atoms with Gasteiger partial charge in [0.25, 0.3) is 0 Å². The molecule has 5 heteroatoms. The van der Waals surface area contributed by atoms with E-state index in [4.69, 9.17) is 9.47 Å². The van der Waals surface area contributed by atoms with E-state index in [0.717, 1.165) is 25.8 Å². The van der Waals surface area contributed by atoms with Crippen LogP contribution in [0.3, 0.4) is 0 Å². The summed E-state index contributed by atoms with van der Waals surface area (Å²) in [5, 5.41) is 6.11. The molecule has 0 aromatic carbocycles. The lowest BCUT2D eigenvalue weighted by Crippen LogP contribution is -2.52. The number of methoxy groups -OCH3 is 2. The van der Waals surface area contributed by atoms with E-state index >= 15 is 0 Å². The summed E-state index contributed by atoms with van der Waals surface area (Å²) in [6.45, 7) is 2.79. The van der Waals surface area contributed by atoms with Crippen molar-refractivity contribution in [2.24, 2.45) is 0 Å². The van der Waals surface area contributed by atoms with Crippen molar-refractivity contribution in [3.05, 3.63) is 0 Å². The summed E-state index contributed by atoms with van der Waals surface area (Å²) in [5.41, 5.74) is 0. The highest BCUT2D eigenvalue weighted by Crippen LogP contribution is 2.08. The van der Waals surface area contributed by atoms with Gasteiger partial charge in [-0.1, -0.05) is 6.42 Å². The van der Waals surface area contributed by atoms with Crippen LogP contribution in [-0.4, -0.2) is 45.0 Å². The average molecular weight is 230 g/mol. The van der Waals surface area contributed by atoms with Crippen LogP contribution in [0.1, 0.15) is 26.2 Å². The lowest BCUT2D eigenvalue weighted by molar-refractivity contribution is -0.137. The molecule has 0 radical (unpaired) electrons. The Hall–Kier alpha value is -0.650. The highest BCUT2D eigenvalue weighted by atomic mass is 16.7. The molecule has 1 rings (SSSR count). The predicted molar refractivity (Wildman–Crippen MR) is 61.1 cm³/mol. The largest absolute Gasteiger partial charge is 0.354 e. The highest BCUT2D eigenvalue weighted by molar-refractivity contribution is 5.82. The van der Waals surface area contributed by atoms with E-state index < -0.39 is 6.29 Å². The van der Waals surface area contributed by atoms with Crippen LogP contribution in [0, 0.1) is 0 Å². The zero-order chi connectivity index (χ0) is 12.0. The molecule has 0 aromatic rings. The summed E-state index contributed by atoms with van der Waals surface area (Å²) < 4.78 is 10.2. The third-order valence-corrected chi connectivity index (χ3v) is 2.87. The monoisotopic (exact) mass is 230 g/mol. The first-order chi connectivity index (χ1) is 7.69. The zero-order valence-electron chi connectivity index (χ0n) is 10.3. The van der Waals surface area contributed by atoms with Gasteiger partial charge in [0, 0.05) is 14.2 Å². The van der Waals surface area contributed by atoms with E-state index in [1.807, 2.05) is 6.92 Å². The minimum atomic E-state index is -0.396. The molecule has 1 unspecified atom stereocenters. The molecule has 2 N–H and O–H groups in total. The number of hydrogen-bond acceptors (Lipinski definition) is 4. The van der Waals surface area contributed by atoms with Crippen LogP contribution >= 0.6 is 0 Å². The molecular formula is C11H22N2O3. The zero-order valence-corrected chi connectivity index (χ0v) is 10.3. The van der Waals surface area contributed by atoms with Gasteiger partial charge in [-0.3, -0.25) is 4.79 Å². The lowest BCUT2D eigenvalue weighted by Gasteiger charge is -2.27. The molecule has 94 valence electrons. The van der Waals surface area contributed by atoms with Gasteiger partial charge in [-0.15, -0.1) is 0 Å². The second kappa shape index (κ2) is 6.83. The van der Waals surface area contributed by atoms with E-state index in [1.54, 1.807) is 14.2 Å². The summed E-state index contributed by atoms with van der Waals surface area (Å²) in [5.74, 6) is 0.0336. The molecular weight excluding hydrogens is 208 g/mol. The van der Waals surface area contributed by atoms with Crippen LogP contribution in [0.25, 0.3) is 0 Å². The van der Waals surface area contributed by atoms with Crippen molar-refractivity contribution in [2.75, 3.05) is 20.8 Å². The van der Waals surface area contributed by atoms with E-state index in [0.29, 0.717) is 0 Å². The van der Waals surface area contributed by atoms with Crippen molar-refractivity contribution in [1.82, 2.24) is 10.6 Å². The minimum absolute atomic E-state index is 0.0336. The van der Waals surface area contributed by atoms with Crippen molar-refractivity contribution in [2.45, 2.75) is 44.6 Å². The molecule has 0 saturated carbocycles. The maximum absolute atomic E-state index is 11.9. The fraction of sp³-hybridized carbons (Fsp3) is 0.909. The van der Waals surface area contributed by atoms with Gasteiger partial charge in [-0.25, -0.2) is 0 Å². The van der Waals surface area contributed by atoms with Crippen molar-refractivity contribution in [1.29, 1.82) is 0 Å². The maximum Gasteiger partial charge on any atom is 0.237 e. The standard InChI is InChI=1S/C11H22N2O3/c1-8(11(15-2)16-3)13-10(14)9-6-4-5-7-12-9/h8-9,11-12H,4-7H2,1-3H3,(H,13,14)/t8?,9-/m0/s1. The molecule has 1 aliphatic heterocycles. The third-order valence-electron chi connectivity index (χ3n) is 2.87. The van der Waals surface area contributed by atoms with Crippen LogP contribution < -0.4 is 10.6 Å².